The van der Waals surface area contributed by atoms with Gasteiger partial charge >= 0.3 is 13.6 Å². The second-order valence-electron chi connectivity index (χ2n) is 4.62. The van der Waals surface area contributed by atoms with Gasteiger partial charge in [0.1, 0.15) is 12.1 Å². The molecule has 0 bridgehead atoms. The van der Waals surface area contributed by atoms with E-state index in [4.69, 9.17) is 9.47 Å². The summed E-state index contributed by atoms with van der Waals surface area (Å²) in [7, 11) is -2.84. The van der Waals surface area contributed by atoms with Gasteiger partial charge in [-0.2, -0.15) is 0 Å². The number of hydrogen-bond donors (Lipinski definition) is 3. The second-order valence-corrected chi connectivity index (χ2v) is 6.41. The molecule has 0 aromatic carbocycles. The Hall–Kier alpha value is -0.990. The van der Waals surface area contributed by atoms with Gasteiger partial charge < -0.3 is 24.6 Å². The van der Waals surface area contributed by atoms with Gasteiger partial charge in [0.25, 0.3) is 11.4 Å². The Kier molecular flexibility index (Phi) is 4.09. The van der Waals surface area contributed by atoms with E-state index in [1.807, 2.05) is 0 Å². The maximum absolute atomic E-state index is 12.1. The second kappa shape index (κ2) is 4.84. The molecule has 0 saturated carbocycles. The van der Waals surface area contributed by atoms with E-state index in [0.29, 0.717) is 4.90 Å². The van der Waals surface area contributed by atoms with Crippen LogP contribution in [0, 0.1) is 0 Å². The molecule has 1 aliphatic heterocycles. The molecule has 10 heteroatoms. The van der Waals surface area contributed by atoms with Crippen molar-refractivity contribution in [1.29, 1.82) is 0 Å². The fourth-order valence-electron chi connectivity index (χ4n) is 1.80. The van der Waals surface area contributed by atoms with E-state index in [-0.39, 0.29) is 0 Å². The number of urea groups is 1. The van der Waals surface area contributed by atoms with Gasteiger partial charge in [0.05, 0.1) is 0 Å². The third-order valence-electron chi connectivity index (χ3n) is 2.82. The summed E-state index contributed by atoms with van der Waals surface area (Å²) in [5.41, 5.74) is -3.75. The molecule has 110 valence electrons. The topological polar surface area (TPSA) is 125 Å². The van der Waals surface area contributed by atoms with Crippen molar-refractivity contribution in [2.45, 2.75) is 24.9 Å². The van der Waals surface area contributed by atoms with Crippen molar-refractivity contribution in [3.8, 4) is 0 Å². The number of nitrogens with zero attached hydrogens (tertiary/aromatic N) is 1. The minimum atomic E-state index is -5.01. The van der Waals surface area contributed by atoms with Crippen molar-refractivity contribution < 1.29 is 33.4 Å². The van der Waals surface area contributed by atoms with Gasteiger partial charge in [-0.1, -0.05) is 0 Å². The highest BCUT2D eigenvalue weighted by Crippen LogP contribution is 2.54. The van der Waals surface area contributed by atoms with E-state index in [1.54, 1.807) is 0 Å². The SMILES string of the molecule is COCC(OC)(N1C(=O)NC(C)(C)C1=O)P(=O)(O)O. The maximum atomic E-state index is 12.1. The number of carbonyl (C=O) groups is 2. The molecule has 3 N–H and O–H groups in total. The van der Waals surface area contributed by atoms with Gasteiger partial charge in [0, 0.05) is 14.2 Å². The Bertz CT molecular complexity index is 446. The zero-order valence-corrected chi connectivity index (χ0v) is 11.9. The molecule has 1 heterocycles. The largest absolute Gasteiger partial charge is 0.381 e. The molecule has 0 aromatic heterocycles. The van der Waals surface area contributed by atoms with E-state index >= 15 is 0 Å². The number of methoxy groups -OCH3 is 2. The number of imide groups is 1. The van der Waals surface area contributed by atoms with Gasteiger partial charge in [-0.3, -0.25) is 9.36 Å². The zero-order valence-electron chi connectivity index (χ0n) is 11.0. The molecule has 19 heavy (non-hydrogen) atoms. The predicted octanol–water partition coefficient (Wildman–Crippen LogP) is -0.559. The smallest absolute Gasteiger partial charge is 0.379 e. The van der Waals surface area contributed by atoms with Crippen LogP contribution in [0.1, 0.15) is 13.8 Å². The molecular weight excluding hydrogens is 279 g/mol. The van der Waals surface area contributed by atoms with Crippen molar-refractivity contribution in [3.05, 3.63) is 0 Å². The predicted molar refractivity (Wildman–Crippen MR) is 63.1 cm³/mol. The molecule has 0 radical (unpaired) electrons. The molecule has 3 amide bonds. The molecule has 1 aliphatic rings. The molecule has 1 rings (SSSR count). The highest BCUT2D eigenvalue weighted by atomic mass is 31.2. The van der Waals surface area contributed by atoms with Crippen LogP contribution in [0.4, 0.5) is 4.79 Å². The van der Waals surface area contributed by atoms with E-state index in [2.05, 4.69) is 5.32 Å². The summed E-state index contributed by atoms with van der Waals surface area (Å²) in [6, 6.07) is -0.947. The fourth-order valence-corrected chi connectivity index (χ4v) is 2.78. The molecule has 0 aromatic rings. The molecular formula is C9H17N2O7P. The number of nitrogens with one attached hydrogen (secondary N) is 1. The summed E-state index contributed by atoms with van der Waals surface area (Å²) in [5.74, 6) is -0.806. The van der Waals surface area contributed by atoms with Crippen LogP contribution < -0.4 is 5.32 Å². The Morgan fingerprint density at radius 3 is 2.16 bits per heavy atom. The lowest BCUT2D eigenvalue weighted by molar-refractivity contribution is -0.151. The minimum Gasteiger partial charge on any atom is -0.379 e. The Labute approximate surface area is 110 Å². The summed E-state index contributed by atoms with van der Waals surface area (Å²) in [5, 5.41) is 2.32. The standard InChI is InChI=1S/C9H17N2O7P/c1-8(2)6(12)11(7(13)10-8)9(18-4,5-17-3)19(14,15)16/h5H2,1-4H3,(H,10,13)(H2,14,15,16). The summed E-state index contributed by atoms with van der Waals surface area (Å²) >= 11 is 0. The van der Waals surface area contributed by atoms with Crippen LogP contribution in [0.15, 0.2) is 0 Å². The van der Waals surface area contributed by atoms with Gasteiger partial charge in [0.2, 0.25) is 0 Å². The number of amides is 3. The number of rotatable bonds is 5. The van der Waals surface area contributed by atoms with Gasteiger partial charge in [-0.05, 0) is 13.8 Å². The van der Waals surface area contributed by atoms with E-state index in [9.17, 15) is 23.9 Å². The average molecular weight is 296 g/mol. The lowest BCUT2D eigenvalue weighted by Gasteiger charge is -2.37. The van der Waals surface area contributed by atoms with E-state index in [0.717, 1.165) is 7.11 Å². The Balaban J connectivity index is 3.39. The normalized spacial score (nSPS) is 22.3. The molecule has 0 spiro atoms. The number of ether oxygens (including phenoxy) is 2. The molecule has 1 unspecified atom stereocenters. The van der Waals surface area contributed by atoms with Crippen molar-refractivity contribution in [1.82, 2.24) is 10.2 Å². The lowest BCUT2D eigenvalue weighted by atomic mass is 10.1. The molecule has 1 saturated heterocycles. The van der Waals surface area contributed by atoms with Crippen molar-refractivity contribution in [2.75, 3.05) is 20.8 Å². The van der Waals surface area contributed by atoms with Crippen LogP contribution in [-0.4, -0.2) is 58.5 Å². The summed E-state index contributed by atoms with van der Waals surface area (Å²) in [6.07, 6.45) is 0. The Morgan fingerprint density at radius 2 is 1.89 bits per heavy atom. The van der Waals surface area contributed by atoms with Crippen molar-refractivity contribution in [2.24, 2.45) is 0 Å². The van der Waals surface area contributed by atoms with Crippen LogP contribution in [0.3, 0.4) is 0 Å². The molecule has 1 atom stereocenters. The highest BCUT2D eigenvalue weighted by Gasteiger charge is 2.62. The van der Waals surface area contributed by atoms with Crippen LogP contribution in [0.5, 0.6) is 0 Å². The molecule has 0 aliphatic carbocycles. The number of carbonyl (C=O) groups excluding carboxylic acids is 2. The molecule has 1 fully saturated rings. The Morgan fingerprint density at radius 1 is 1.37 bits per heavy atom. The van der Waals surface area contributed by atoms with Crippen molar-refractivity contribution >= 4 is 19.5 Å². The summed E-state index contributed by atoms with van der Waals surface area (Å²) in [6.45, 7) is 2.18. The summed E-state index contributed by atoms with van der Waals surface area (Å²) in [4.78, 5) is 43.3. The minimum absolute atomic E-state index is 0.386. The van der Waals surface area contributed by atoms with Gasteiger partial charge in [0.15, 0.2) is 0 Å². The van der Waals surface area contributed by atoms with Crippen molar-refractivity contribution in [3.63, 3.8) is 0 Å². The monoisotopic (exact) mass is 296 g/mol. The van der Waals surface area contributed by atoms with Crippen LogP contribution in [-0.2, 0) is 18.8 Å². The maximum Gasteiger partial charge on any atom is 0.381 e. The van der Waals surface area contributed by atoms with Crippen LogP contribution in [0.25, 0.3) is 0 Å². The van der Waals surface area contributed by atoms with E-state index < -0.39 is 37.1 Å². The first kappa shape index (κ1) is 16.1. The fraction of sp³-hybridized carbons (Fsp3) is 0.778. The van der Waals surface area contributed by atoms with Gasteiger partial charge in [-0.25, -0.2) is 9.69 Å². The third-order valence-corrected chi connectivity index (χ3v) is 4.25. The first-order valence-corrected chi connectivity index (χ1v) is 6.91. The van der Waals surface area contributed by atoms with E-state index in [1.165, 1.54) is 21.0 Å². The first-order chi connectivity index (χ1) is 8.53. The van der Waals surface area contributed by atoms with Gasteiger partial charge in [-0.15, -0.1) is 0 Å². The molecule has 9 nitrogen and oxygen atoms in total. The summed E-state index contributed by atoms with van der Waals surface area (Å²) < 4.78 is 21.2. The van der Waals surface area contributed by atoms with Crippen LogP contribution in [0.2, 0.25) is 0 Å². The quantitative estimate of drug-likeness (QED) is 0.458. The average Bonchev–Trinajstić information content (AvgIpc) is 2.44. The third kappa shape index (κ3) is 2.39. The zero-order chi connectivity index (χ0) is 15.1. The highest BCUT2D eigenvalue weighted by molar-refractivity contribution is 7.53. The lowest BCUT2D eigenvalue weighted by Crippen LogP contribution is -2.56. The van der Waals surface area contributed by atoms with Crippen LogP contribution >= 0.6 is 7.60 Å². The number of hydrogen-bond acceptors (Lipinski definition) is 5. The first-order valence-electron chi connectivity index (χ1n) is 5.30.